The van der Waals surface area contributed by atoms with Crippen LogP contribution in [0.25, 0.3) is 0 Å². The fraction of sp³-hybridized carbons (Fsp3) is 0.455. The van der Waals surface area contributed by atoms with Crippen molar-refractivity contribution >= 4 is 10.0 Å². The Hall–Kier alpha value is -1.07. The van der Waals surface area contributed by atoms with E-state index in [1.807, 2.05) is 32.0 Å². The molecule has 5 heteroatoms. The van der Waals surface area contributed by atoms with E-state index in [-0.39, 0.29) is 0 Å². The molecular formula is C11H17NO3S. The van der Waals surface area contributed by atoms with Crippen LogP contribution in [0, 0.1) is 6.92 Å². The number of sulfonamides is 1. The van der Waals surface area contributed by atoms with Crippen molar-refractivity contribution in [1.82, 2.24) is 4.72 Å². The molecule has 90 valence electrons. The predicted octanol–water partition coefficient (Wildman–Crippen LogP) is 1.44. The fourth-order valence-electron chi connectivity index (χ4n) is 1.35. The Morgan fingerprint density at radius 1 is 1.38 bits per heavy atom. The topological polar surface area (TPSA) is 55.4 Å². The molecule has 0 saturated carbocycles. The highest BCUT2D eigenvalue weighted by molar-refractivity contribution is 7.88. The van der Waals surface area contributed by atoms with Crippen LogP contribution in [0.1, 0.15) is 18.1 Å². The van der Waals surface area contributed by atoms with Gasteiger partial charge in [-0.05, 0) is 31.0 Å². The van der Waals surface area contributed by atoms with Gasteiger partial charge in [-0.25, -0.2) is 13.1 Å². The van der Waals surface area contributed by atoms with Gasteiger partial charge in [0.05, 0.1) is 12.9 Å². The Bertz CT molecular complexity index is 454. The molecule has 1 N–H and O–H groups in total. The Morgan fingerprint density at radius 2 is 2.06 bits per heavy atom. The molecule has 0 spiro atoms. The normalized spacial score (nSPS) is 11.4. The van der Waals surface area contributed by atoms with Crippen LogP contribution in [0.5, 0.6) is 5.75 Å². The van der Waals surface area contributed by atoms with E-state index < -0.39 is 10.0 Å². The first kappa shape index (κ1) is 13.0. The average Bonchev–Trinajstić information content (AvgIpc) is 2.18. The lowest BCUT2D eigenvalue weighted by atomic mass is 10.1. The molecule has 0 heterocycles. The van der Waals surface area contributed by atoms with Crippen LogP contribution >= 0.6 is 0 Å². The van der Waals surface area contributed by atoms with E-state index in [4.69, 9.17) is 4.74 Å². The molecule has 0 unspecified atom stereocenters. The molecule has 0 aromatic heterocycles. The van der Waals surface area contributed by atoms with E-state index in [1.165, 1.54) is 0 Å². The molecule has 0 saturated heterocycles. The summed E-state index contributed by atoms with van der Waals surface area (Å²) in [6.07, 6.45) is 1.15. The second-order valence-corrected chi connectivity index (χ2v) is 5.46. The van der Waals surface area contributed by atoms with Crippen molar-refractivity contribution in [2.45, 2.75) is 20.4 Å². The lowest BCUT2D eigenvalue weighted by Gasteiger charge is -2.09. The molecule has 0 fully saturated rings. The molecule has 16 heavy (non-hydrogen) atoms. The Kier molecular flexibility index (Phi) is 4.32. The second kappa shape index (κ2) is 5.32. The van der Waals surface area contributed by atoms with Crippen LogP contribution in [0.4, 0.5) is 0 Å². The first-order valence-electron chi connectivity index (χ1n) is 5.09. The molecule has 1 aromatic rings. The first-order chi connectivity index (χ1) is 7.42. The Morgan fingerprint density at radius 3 is 2.56 bits per heavy atom. The van der Waals surface area contributed by atoms with Crippen molar-refractivity contribution in [2.75, 3.05) is 12.9 Å². The summed E-state index contributed by atoms with van der Waals surface area (Å²) in [5.74, 6) is 0.839. The van der Waals surface area contributed by atoms with Gasteiger partial charge in [0.1, 0.15) is 5.75 Å². The molecule has 0 aliphatic carbocycles. The third-order valence-corrected chi connectivity index (χ3v) is 2.75. The summed E-state index contributed by atoms with van der Waals surface area (Å²) >= 11 is 0. The molecule has 0 bridgehead atoms. The van der Waals surface area contributed by atoms with E-state index in [1.54, 1.807) is 0 Å². The van der Waals surface area contributed by atoms with Crippen LogP contribution in [-0.4, -0.2) is 21.3 Å². The minimum absolute atomic E-state index is 0.312. The zero-order chi connectivity index (χ0) is 12.2. The van der Waals surface area contributed by atoms with Crippen molar-refractivity contribution in [2.24, 2.45) is 0 Å². The molecule has 0 atom stereocenters. The molecule has 0 radical (unpaired) electrons. The first-order valence-corrected chi connectivity index (χ1v) is 6.98. The highest BCUT2D eigenvalue weighted by Crippen LogP contribution is 2.18. The van der Waals surface area contributed by atoms with Gasteiger partial charge in [-0.1, -0.05) is 12.1 Å². The number of aryl methyl sites for hydroxylation is 1. The van der Waals surface area contributed by atoms with Gasteiger partial charge in [0, 0.05) is 6.54 Å². The second-order valence-electron chi connectivity index (χ2n) is 3.63. The number of nitrogens with one attached hydrogen (secondary N) is 1. The van der Waals surface area contributed by atoms with E-state index in [9.17, 15) is 8.42 Å². The molecular weight excluding hydrogens is 226 g/mol. The van der Waals surface area contributed by atoms with E-state index in [2.05, 4.69) is 4.72 Å². The highest BCUT2D eigenvalue weighted by Gasteiger charge is 2.03. The number of benzene rings is 1. The van der Waals surface area contributed by atoms with Gasteiger partial charge in [-0.2, -0.15) is 0 Å². The van der Waals surface area contributed by atoms with Crippen molar-refractivity contribution < 1.29 is 13.2 Å². The van der Waals surface area contributed by atoms with E-state index in [0.29, 0.717) is 13.2 Å². The van der Waals surface area contributed by atoms with Crippen molar-refractivity contribution in [3.05, 3.63) is 29.3 Å². The molecule has 1 rings (SSSR count). The van der Waals surface area contributed by atoms with Gasteiger partial charge >= 0.3 is 0 Å². The summed E-state index contributed by atoms with van der Waals surface area (Å²) in [5.41, 5.74) is 1.93. The highest BCUT2D eigenvalue weighted by atomic mass is 32.2. The molecule has 0 aliphatic rings. The van der Waals surface area contributed by atoms with Crippen LogP contribution < -0.4 is 9.46 Å². The molecule has 0 amide bonds. The SMILES string of the molecule is CCOc1ccc(CNS(C)(=O)=O)cc1C. The van der Waals surface area contributed by atoms with Gasteiger partial charge < -0.3 is 4.74 Å². The molecule has 0 aliphatic heterocycles. The molecule has 4 nitrogen and oxygen atoms in total. The smallest absolute Gasteiger partial charge is 0.209 e. The van der Waals surface area contributed by atoms with Gasteiger partial charge in [0.15, 0.2) is 0 Å². The summed E-state index contributed by atoms with van der Waals surface area (Å²) in [6, 6.07) is 5.64. The summed E-state index contributed by atoms with van der Waals surface area (Å²) < 4.78 is 29.7. The maximum Gasteiger partial charge on any atom is 0.209 e. The van der Waals surface area contributed by atoms with Crippen LogP contribution in [0.15, 0.2) is 18.2 Å². The monoisotopic (exact) mass is 243 g/mol. The lowest BCUT2D eigenvalue weighted by Crippen LogP contribution is -2.21. The minimum atomic E-state index is -3.14. The van der Waals surface area contributed by atoms with Crippen molar-refractivity contribution in [3.63, 3.8) is 0 Å². The number of rotatable bonds is 5. The zero-order valence-corrected chi connectivity index (χ0v) is 10.6. The Balaban J connectivity index is 2.73. The van der Waals surface area contributed by atoms with Crippen molar-refractivity contribution in [3.8, 4) is 5.75 Å². The van der Waals surface area contributed by atoms with Gasteiger partial charge in [-0.15, -0.1) is 0 Å². The minimum Gasteiger partial charge on any atom is -0.494 e. The number of hydrogen-bond donors (Lipinski definition) is 1. The largest absolute Gasteiger partial charge is 0.494 e. The third-order valence-electron chi connectivity index (χ3n) is 2.08. The summed E-state index contributed by atoms with van der Waals surface area (Å²) in [4.78, 5) is 0. The summed E-state index contributed by atoms with van der Waals surface area (Å²) in [7, 11) is -3.14. The van der Waals surface area contributed by atoms with E-state index in [0.717, 1.165) is 23.1 Å². The van der Waals surface area contributed by atoms with Gasteiger partial charge in [0.25, 0.3) is 0 Å². The standard InChI is InChI=1S/C11H17NO3S/c1-4-15-11-6-5-10(7-9(11)2)8-12-16(3,13)14/h5-7,12H,4,8H2,1-3H3. The zero-order valence-electron chi connectivity index (χ0n) is 9.78. The average molecular weight is 243 g/mol. The third kappa shape index (κ3) is 4.20. The lowest BCUT2D eigenvalue weighted by molar-refractivity contribution is 0.338. The van der Waals surface area contributed by atoms with Crippen molar-refractivity contribution in [1.29, 1.82) is 0 Å². The quantitative estimate of drug-likeness (QED) is 0.851. The Labute approximate surface area is 96.7 Å². The van der Waals surface area contributed by atoms with Crippen LogP contribution in [-0.2, 0) is 16.6 Å². The summed E-state index contributed by atoms with van der Waals surface area (Å²) in [6.45, 7) is 4.81. The maximum absolute atomic E-state index is 10.9. The van der Waals surface area contributed by atoms with Crippen LogP contribution in [0.3, 0.4) is 0 Å². The van der Waals surface area contributed by atoms with E-state index >= 15 is 0 Å². The van der Waals surface area contributed by atoms with Gasteiger partial charge in [-0.3, -0.25) is 0 Å². The molecule has 1 aromatic carbocycles. The summed E-state index contributed by atoms with van der Waals surface area (Å²) in [5, 5.41) is 0. The predicted molar refractivity (Wildman–Crippen MR) is 64.0 cm³/mol. The van der Waals surface area contributed by atoms with Crippen LogP contribution in [0.2, 0.25) is 0 Å². The number of ether oxygens (including phenoxy) is 1. The maximum atomic E-state index is 10.9. The van der Waals surface area contributed by atoms with Gasteiger partial charge in [0.2, 0.25) is 10.0 Å². The number of hydrogen-bond acceptors (Lipinski definition) is 3. The fourth-order valence-corrected chi connectivity index (χ4v) is 1.78.